The van der Waals surface area contributed by atoms with E-state index in [1.54, 1.807) is 6.07 Å². The van der Waals surface area contributed by atoms with E-state index in [0.29, 0.717) is 17.0 Å². The fourth-order valence-electron chi connectivity index (χ4n) is 1.69. The molecule has 0 radical (unpaired) electrons. The number of amides is 1. The first-order chi connectivity index (χ1) is 8.29. The number of ether oxygens (including phenoxy) is 1. The molecule has 5 nitrogen and oxygen atoms in total. The Labute approximate surface area is 106 Å². The van der Waals surface area contributed by atoms with Gasteiger partial charge in [-0.1, -0.05) is 20.8 Å². The van der Waals surface area contributed by atoms with Crippen LogP contribution in [0.1, 0.15) is 31.9 Å². The standard InChI is InChI=1S/C13H19NO4/c1-13(2,3)9-5-8(7-15)11(18-4)10(6-9)14-12(16)17/h5-6,14-15H,7H2,1-4H3,(H,16,17). The van der Waals surface area contributed by atoms with Gasteiger partial charge < -0.3 is 14.9 Å². The summed E-state index contributed by atoms with van der Waals surface area (Å²) in [6.07, 6.45) is -1.16. The molecule has 0 spiro atoms. The Morgan fingerprint density at radius 1 is 1.39 bits per heavy atom. The molecule has 1 aromatic rings. The molecule has 0 aliphatic carbocycles. The normalized spacial score (nSPS) is 11.2. The summed E-state index contributed by atoms with van der Waals surface area (Å²) >= 11 is 0. The molecule has 0 unspecified atom stereocenters. The second-order valence-electron chi connectivity index (χ2n) is 5.05. The molecule has 1 amide bonds. The van der Waals surface area contributed by atoms with E-state index >= 15 is 0 Å². The highest BCUT2D eigenvalue weighted by atomic mass is 16.5. The quantitative estimate of drug-likeness (QED) is 0.773. The van der Waals surface area contributed by atoms with Crippen molar-refractivity contribution in [3.63, 3.8) is 0 Å². The first-order valence-electron chi connectivity index (χ1n) is 5.61. The van der Waals surface area contributed by atoms with Gasteiger partial charge in [0.2, 0.25) is 0 Å². The summed E-state index contributed by atoms with van der Waals surface area (Å²) < 4.78 is 5.15. The number of methoxy groups -OCH3 is 1. The number of aliphatic hydroxyl groups is 1. The molecule has 0 fully saturated rings. The van der Waals surface area contributed by atoms with Crippen LogP contribution in [-0.4, -0.2) is 23.4 Å². The fourth-order valence-corrected chi connectivity index (χ4v) is 1.69. The number of carboxylic acid groups (broad SMARTS) is 1. The molecule has 0 aliphatic rings. The second-order valence-corrected chi connectivity index (χ2v) is 5.05. The lowest BCUT2D eigenvalue weighted by Crippen LogP contribution is -2.15. The highest BCUT2D eigenvalue weighted by molar-refractivity contribution is 5.86. The lowest BCUT2D eigenvalue weighted by atomic mass is 9.85. The Morgan fingerprint density at radius 2 is 2.00 bits per heavy atom. The molecule has 0 saturated carbocycles. The van der Waals surface area contributed by atoms with Gasteiger partial charge in [0.05, 0.1) is 19.4 Å². The van der Waals surface area contributed by atoms with E-state index in [-0.39, 0.29) is 12.0 Å². The maximum absolute atomic E-state index is 10.8. The van der Waals surface area contributed by atoms with Gasteiger partial charge in [0.15, 0.2) is 0 Å². The Bertz CT molecular complexity index is 449. The molecule has 1 aromatic carbocycles. The predicted molar refractivity (Wildman–Crippen MR) is 69.3 cm³/mol. The average molecular weight is 253 g/mol. The largest absolute Gasteiger partial charge is 0.494 e. The SMILES string of the molecule is COc1c(CO)cc(C(C)(C)C)cc1NC(=O)O. The van der Waals surface area contributed by atoms with Gasteiger partial charge in [0, 0.05) is 5.56 Å². The molecule has 0 saturated heterocycles. The summed E-state index contributed by atoms with van der Waals surface area (Å²) in [5, 5.41) is 20.5. The molecule has 0 atom stereocenters. The van der Waals surface area contributed by atoms with Crippen molar-refractivity contribution in [1.82, 2.24) is 0 Å². The number of aliphatic hydroxyl groups excluding tert-OH is 1. The third kappa shape index (κ3) is 3.13. The van der Waals surface area contributed by atoms with Crippen LogP contribution in [0, 0.1) is 0 Å². The summed E-state index contributed by atoms with van der Waals surface area (Å²) in [7, 11) is 1.44. The minimum absolute atomic E-state index is 0.148. The van der Waals surface area contributed by atoms with Crippen LogP contribution < -0.4 is 10.1 Å². The molecular formula is C13H19NO4. The van der Waals surface area contributed by atoms with E-state index in [9.17, 15) is 9.90 Å². The van der Waals surface area contributed by atoms with E-state index in [4.69, 9.17) is 9.84 Å². The Hall–Kier alpha value is -1.75. The minimum atomic E-state index is -1.16. The summed E-state index contributed by atoms with van der Waals surface area (Å²) in [5.41, 5.74) is 1.69. The van der Waals surface area contributed by atoms with E-state index in [1.807, 2.05) is 26.8 Å². The predicted octanol–water partition coefficient (Wildman–Crippen LogP) is 2.57. The molecule has 5 heteroatoms. The first kappa shape index (κ1) is 14.3. The molecule has 18 heavy (non-hydrogen) atoms. The van der Waals surface area contributed by atoms with Gasteiger partial charge in [-0.25, -0.2) is 4.79 Å². The topological polar surface area (TPSA) is 78.8 Å². The van der Waals surface area contributed by atoms with Gasteiger partial charge >= 0.3 is 6.09 Å². The van der Waals surface area contributed by atoms with Crippen molar-refractivity contribution < 1.29 is 19.7 Å². The van der Waals surface area contributed by atoms with Gasteiger partial charge in [-0.2, -0.15) is 0 Å². The summed E-state index contributed by atoms with van der Waals surface area (Å²) in [5.74, 6) is 0.355. The van der Waals surface area contributed by atoms with Crippen molar-refractivity contribution in [2.75, 3.05) is 12.4 Å². The first-order valence-corrected chi connectivity index (χ1v) is 5.61. The zero-order valence-corrected chi connectivity index (χ0v) is 11.1. The van der Waals surface area contributed by atoms with Crippen LogP contribution in [0.4, 0.5) is 10.5 Å². The Morgan fingerprint density at radius 3 is 2.39 bits per heavy atom. The lowest BCUT2D eigenvalue weighted by molar-refractivity contribution is 0.209. The van der Waals surface area contributed by atoms with Crippen molar-refractivity contribution in [2.24, 2.45) is 0 Å². The summed E-state index contributed by atoms with van der Waals surface area (Å²) in [6, 6.07) is 3.55. The van der Waals surface area contributed by atoms with Crippen LogP contribution in [0.25, 0.3) is 0 Å². The van der Waals surface area contributed by atoms with Crippen molar-refractivity contribution in [2.45, 2.75) is 32.8 Å². The number of carbonyl (C=O) groups is 1. The number of nitrogens with one attached hydrogen (secondary N) is 1. The van der Waals surface area contributed by atoms with Gasteiger partial charge in [0.25, 0.3) is 0 Å². The summed E-state index contributed by atoms with van der Waals surface area (Å²) in [4.78, 5) is 10.8. The number of benzene rings is 1. The number of hydrogen-bond donors (Lipinski definition) is 3. The number of hydrogen-bond acceptors (Lipinski definition) is 3. The van der Waals surface area contributed by atoms with Gasteiger partial charge in [-0.3, -0.25) is 5.32 Å². The monoisotopic (exact) mass is 253 g/mol. The second kappa shape index (κ2) is 5.27. The zero-order chi connectivity index (χ0) is 13.9. The van der Waals surface area contributed by atoms with Crippen molar-refractivity contribution in [3.05, 3.63) is 23.3 Å². The van der Waals surface area contributed by atoms with Crippen LogP contribution in [0.5, 0.6) is 5.75 Å². The lowest BCUT2D eigenvalue weighted by Gasteiger charge is -2.23. The number of anilines is 1. The fraction of sp³-hybridized carbons (Fsp3) is 0.462. The van der Waals surface area contributed by atoms with Crippen molar-refractivity contribution in [1.29, 1.82) is 0 Å². The van der Waals surface area contributed by atoms with Crippen LogP contribution in [0.15, 0.2) is 12.1 Å². The van der Waals surface area contributed by atoms with E-state index in [1.165, 1.54) is 7.11 Å². The van der Waals surface area contributed by atoms with E-state index in [0.717, 1.165) is 5.56 Å². The minimum Gasteiger partial charge on any atom is -0.494 e. The van der Waals surface area contributed by atoms with Crippen LogP contribution in [0.3, 0.4) is 0 Å². The van der Waals surface area contributed by atoms with Gasteiger partial charge in [-0.15, -0.1) is 0 Å². The van der Waals surface area contributed by atoms with Gasteiger partial charge in [-0.05, 0) is 23.1 Å². The molecular weight excluding hydrogens is 234 g/mol. The number of rotatable bonds is 3. The third-order valence-corrected chi connectivity index (χ3v) is 2.65. The van der Waals surface area contributed by atoms with Crippen molar-refractivity contribution >= 4 is 11.8 Å². The van der Waals surface area contributed by atoms with Crippen LogP contribution in [0.2, 0.25) is 0 Å². The van der Waals surface area contributed by atoms with Crippen molar-refractivity contribution in [3.8, 4) is 5.75 Å². The molecule has 0 bridgehead atoms. The van der Waals surface area contributed by atoms with Gasteiger partial charge in [0.1, 0.15) is 5.75 Å². The average Bonchev–Trinajstić information content (AvgIpc) is 2.25. The molecule has 0 aliphatic heterocycles. The molecule has 100 valence electrons. The van der Waals surface area contributed by atoms with Crippen LogP contribution in [-0.2, 0) is 12.0 Å². The Kier molecular flexibility index (Phi) is 4.19. The van der Waals surface area contributed by atoms with Crippen LogP contribution >= 0.6 is 0 Å². The maximum Gasteiger partial charge on any atom is 0.409 e. The van der Waals surface area contributed by atoms with E-state index < -0.39 is 6.09 Å². The molecule has 0 aromatic heterocycles. The maximum atomic E-state index is 10.8. The Balaban J connectivity index is 3.40. The van der Waals surface area contributed by atoms with E-state index in [2.05, 4.69) is 5.32 Å². The molecule has 1 rings (SSSR count). The molecule has 3 N–H and O–H groups in total. The molecule has 0 heterocycles. The third-order valence-electron chi connectivity index (χ3n) is 2.65. The highest BCUT2D eigenvalue weighted by Crippen LogP contribution is 2.35. The highest BCUT2D eigenvalue weighted by Gasteiger charge is 2.20. The smallest absolute Gasteiger partial charge is 0.409 e. The summed E-state index contributed by atoms with van der Waals surface area (Å²) in [6.45, 7) is 5.84. The zero-order valence-electron chi connectivity index (χ0n) is 11.1.